The Hall–Kier alpha value is -0.120. The fraction of sp³-hybridized carbons (Fsp3) is 1.00. The third-order valence-electron chi connectivity index (χ3n) is 1.28. The Balaban J connectivity index is 2.06. The van der Waals surface area contributed by atoms with E-state index in [9.17, 15) is 0 Å². The van der Waals surface area contributed by atoms with Gasteiger partial charge in [-0.1, -0.05) is 0 Å². The minimum Gasteiger partial charge on any atom is -0.362 e. The van der Waals surface area contributed by atoms with Crippen molar-refractivity contribution in [1.29, 1.82) is 0 Å². The predicted molar refractivity (Wildman–Crippen MR) is 31.4 cm³/mol. The van der Waals surface area contributed by atoms with Crippen LogP contribution in [-0.4, -0.2) is 25.9 Å². The zero-order chi connectivity index (χ0) is 5.82. The molecular weight excluding hydrogens is 104 g/mol. The Bertz CT molecular complexity index is 61.4. The first-order chi connectivity index (χ1) is 3.93. The lowest BCUT2D eigenvalue weighted by molar-refractivity contribution is 0.109. The minimum atomic E-state index is 0.375. The van der Waals surface area contributed by atoms with E-state index in [1.165, 1.54) is 0 Å². The Morgan fingerprint density at radius 2 is 2.62 bits per heavy atom. The summed E-state index contributed by atoms with van der Waals surface area (Å²) in [6.45, 7) is 2.40. The molecule has 3 heteroatoms. The van der Waals surface area contributed by atoms with Gasteiger partial charge in [0.2, 0.25) is 0 Å². The van der Waals surface area contributed by atoms with E-state index >= 15 is 0 Å². The molecule has 1 atom stereocenters. The van der Waals surface area contributed by atoms with Crippen LogP contribution >= 0.6 is 0 Å². The molecule has 0 aliphatic carbocycles. The van der Waals surface area contributed by atoms with Crippen LogP contribution in [0, 0.1) is 0 Å². The van der Waals surface area contributed by atoms with E-state index in [-0.39, 0.29) is 0 Å². The van der Waals surface area contributed by atoms with Gasteiger partial charge in [0.1, 0.15) is 0 Å². The van der Waals surface area contributed by atoms with Gasteiger partial charge in [-0.05, 0) is 13.0 Å². The minimum absolute atomic E-state index is 0.375. The van der Waals surface area contributed by atoms with Gasteiger partial charge in [0.15, 0.2) is 0 Å². The first kappa shape index (κ1) is 6.01. The van der Waals surface area contributed by atoms with Crippen LogP contribution in [0.1, 0.15) is 6.42 Å². The summed E-state index contributed by atoms with van der Waals surface area (Å²) < 4.78 is 5.20. The van der Waals surface area contributed by atoms with E-state index in [2.05, 4.69) is 5.32 Å². The van der Waals surface area contributed by atoms with Crippen molar-refractivity contribution >= 4 is 0 Å². The molecule has 0 aromatic heterocycles. The zero-order valence-corrected chi connectivity index (χ0v) is 4.89. The second-order valence-electron chi connectivity index (χ2n) is 1.96. The van der Waals surface area contributed by atoms with Gasteiger partial charge in [0.05, 0.1) is 12.8 Å². The van der Waals surface area contributed by atoms with Crippen LogP contribution in [-0.2, 0) is 4.74 Å². The molecule has 0 aromatic carbocycles. The highest BCUT2D eigenvalue weighted by molar-refractivity contribution is 4.65. The first-order valence-corrected chi connectivity index (χ1v) is 2.96. The second kappa shape index (κ2) is 3.02. The molecule has 0 amide bonds. The lowest BCUT2D eigenvalue weighted by Crippen LogP contribution is -2.17. The van der Waals surface area contributed by atoms with Crippen LogP contribution in [0.25, 0.3) is 0 Å². The number of hydrogen-bond acceptors (Lipinski definition) is 3. The highest BCUT2D eigenvalue weighted by Crippen LogP contribution is 1.99. The monoisotopic (exact) mass is 116 g/mol. The average molecular weight is 116 g/mol. The number of hydrogen-bond donors (Lipinski definition) is 2. The van der Waals surface area contributed by atoms with Crippen LogP contribution < -0.4 is 11.1 Å². The van der Waals surface area contributed by atoms with Crippen molar-refractivity contribution in [2.24, 2.45) is 5.73 Å². The van der Waals surface area contributed by atoms with Gasteiger partial charge in [-0.2, -0.15) is 0 Å². The molecule has 48 valence electrons. The molecule has 1 unspecified atom stereocenters. The maximum atomic E-state index is 5.30. The summed E-state index contributed by atoms with van der Waals surface area (Å²) >= 11 is 0. The summed E-state index contributed by atoms with van der Waals surface area (Å²) in [5.41, 5.74) is 5.30. The lowest BCUT2D eigenvalue weighted by Gasteiger charge is -2.03. The van der Waals surface area contributed by atoms with Gasteiger partial charge >= 0.3 is 0 Å². The summed E-state index contributed by atoms with van der Waals surface area (Å²) in [4.78, 5) is 0. The summed E-state index contributed by atoms with van der Waals surface area (Å²) in [5, 5.41) is 3.08. The topological polar surface area (TPSA) is 47.3 Å². The third-order valence-corrected chi connectivity index (χ3v) is 1.28. The predicted octanol–water partition coefficient (Wildman–Crippen LogP) is -0.719. The normalized spacial score (nSPS) is 28.9. The van der Waals surface area contributed by atoms with Crippen molar-refractivity contribution in [2.75, 3.05) is 19.8 Å². The van der Waals surface area contributed by atoms with E-state index < -0.39 is 0 Å². The molecule has 1 fully saturated rings. The van der Waals surface area contributed by atoms with Crippen LogP contribution in [0.5, 0.6) is 0 Å². The fourth-order valence-electron chi connectivity index (χ4n) is 0.827. The van der Waals surface area contributed by atoms with Crippen molar-refractivity contribution in [3.8, 4) is 0 Å². The molecule has 0 spiro atoms. The molecule has 1 aliphatic rings. The van der Waals surface area contributed by atoms with Gasteiger partial charge in [0.25, 0.3) is 0 Å². The third kappa shape index (κ3) is 1.43. The van der Waals surface area contributed by atoms with Crippen molar-refractivity contribution in [3.63, 3.8) is 0 Å². The molecule has 0 saturated carbocycles. The second-order valence-corrected chi connectivity index (χ2v) is 1.96. The number of nitrogens with two attached hydrogens (primary N) is 1. The Kier molecular flexibility index (Phi) is 2.27. The number of rotatable bonds is 2. The fourth-order valence-corrected chi connectivity index (χ4v) is 0.827. The highest BCUT2D eigenvalue weighted by Gasteiger charge is 2.12. The molecule has 0 radical (unpaired) electrons. The molecule has 1 aliphatic heterocycles. The molecule has 1 rings (SSSR count). The van der Waals surface area contributed by atoms with Crippen LogP contribution in [0.2, 0.25) is 0 Å². The van der Waals surface area contributed by atoms with Crippen molar-refractivity contribution in [3.05, 3.63) is 0 Å². The Morgan fingerprint density at radius 3 is 3.12 bits per heavy atom. The molecule has 1 heterocycles. The average Bonchev–Trinajstić information content (AvgIpc) is 2.19. The number of nitrogens with one attached hydrogen (secondary N) is 1. The summed E-state index contributed by atoms with van der Waals surface area (Å²) in [5.74, 6) is 0. The van der Waals surface area contributed by atoms with E-state index in [4.69, 9.17) is 10.5 Å². The standard InChI is InChI=1S/C5H12N2O/c6-2-1-5-3-7-4-8-5/h5,7H,1-4,6H2. The van der Waals surface area contributed by atoms with E-state index in [1.807, 2.05) is 0 Å². The maximum absolute atomic E-state index is 5.30. The van der Waals surface area contributed by atoms with Crippen LogP contribution in [0.4, 0.5) is 0 Å². The summed E-state index contributed by atoms with van der Waals surface area (Å²) in [6.07, 6.45) is 1.35. The molecule has 3 N–H and O–H groups in total. The van der Waals surface area contributed by atoms with E-state index in [0.717, 1.165) is 19.5 Å². The van der Waals surface area contributed by atoms with Gasteiger partial charge in [0, 0.05) is 6.54 Å². The summed E-state index contributed by atoms with van der Waals surface area (Å²) in [7, 11) is 0. The molecule has 1 saturated heterocycles. The smallest absolute Gasteiger partial charge is 0.0970 e. The largest absolute Gasteiger partial charge is 0.362 e. The van der Waals surface area contributed by atoms with Gasteiger partial charge in [-0.3, -0.25) is 5.32 Å². The molecule has 0 bridgehead atoms. The van der Waals surface area contributed by atoms with E-state index in [0.29, 0.717) is 12.8 Å². The quantitative estimate of drug-likeness (QED) is 0.500. The summed E-state index contributed by atoms with van der Waals surface area (Å²) in [6, 6.07) is 0. The van der Waals surface area contributed by atoms with Crippen LogP contribution in [0.3, 0.4) is 0 Å². The first-order valence-electron chi connectivity index (χ1n) is 2.96. The molecule has 0 aromatic rings. The Labute approximate surface area is 49.2 Å². The van der Waals surface area contributed by atoms with Crippen LogP contribution in [0.15, 0.2) is 0 Å². The molecule has 3 nitrogen and oxygen atoms in total. The molecular formula is C5H12N2O. The molecule has 8 heavy (non-hydrogen) atoms. The zero-order valence-electron chi connectivity index (χ0n) is 4.89. The van der Waals surface area contributed by atoms with Gasteiger partial charge in [-0.15, -0.1) is 0 Å². The SMILES string of the molecule is NCCC1CNCO1. The lowest BCUT2D eigenvalue weighted by atomic mass is 10.3. The van der Waals surface area contributed by atoms with Crippen molar-refractivity contribution in [1.82, 2.24) is 5.32 Å². The van der Waals surface area contributed by atoms with E-state index in [1.54, 1.807) is 0 Å². The Morgan fingerprint density at radius 1 is 1.75 bits per heavy atom. The number of ether oxygens (including phenoxy) is 1. The highest BCUT2D eigenvalue weighted by atomic mass is 16.5. The van der Waals surface area contributed by atoms with Gasteiger partial charge in [-0.25, -0.2) is 0 Å². The maximum Gasteiger partial charge on any atom is 0.0970 e. The van der Waals surface area contributed by atoms with Crippen molar-refractivity contribution in [2.45, 2.75) is 12.5 Å². The van der Waals surface area contributed by atoms with Crippen molar-refractivity contribution < 1.29 is 4.74 Å². The van der Waals surface area contributed by atoms with Gasteiger partial charge < -0.3 is 10.5 Å².